The Hall–Kier alpha value is -2.02. The van der Waals surface area contributed by atoms with Crippen molar-refractivity contribution in [2.45, 2.75) is 12.5 Å². The molecule has 3 rings (SSSR count). The van der Waals surface area contributed by atoms with Gasteiger partial charge >= 0.3 is 0 Å². The molecule has 1 atom stereocenters. The summed E-state index contributed by atoms with van der Waals surface area (Å²) in [6.45, 7) is 4.90. The number of nitrogens with one attached hydrogen (secondary N) is 3. The van der Waals surface area contributed by atoms with Crippen LogP contribution in [0.4, 0.5) is 4.39 Å². The van der Waals surface area contributed by atoms with E-state index in [2.05, 4.69) is 22.8 Å². The largest absolute Gasteiger partial charge is 0.370 e. The van der Waals surface area contributed by atoms with E-state index in [-0.39, 0.29) is 11.9 Å². The van der Waals surface area contributed by atoms with Gasteiger partial charge in [-0.15, -0.1) is 0 Å². The van der Waals surface area contributed by atoms with E-state index >= 15 is 0 Å². The molecule has 0 spiro atoms. The maximum absolute atomic E-state index is 13.3. The summed E-state index contributed by atoms with van der Waals surface area (Å²) in [5.41, 5.74) is 2.41. The molecule has 1 aliphatic rings. The first kappa shape index (κ1) is 19.7. The Morgan fingerprint density at radius 3 is 2.44 bits per heavy atom. The number of morpholine rings is 1. The van der Waals surface area contributed by atoms with Crippen LogP contribution in [0.1, 0.15) is 17.2 Å². The van der Waals surface area contributed by atoms with Crippen molar-refractivity contribution in [3.8, 4) is 0 Å². The van der Waals surface area contributed by atoms with Crippen molar-refractivity contribution in [2.75, 3.05) is 39.4 Å². The minimum atomic E-state index is -0.208. The third-order valence-corrected chi connectivity index (χ3v) is 5.20. The van der Waals surface area contributed by atoms with Crippen LogP contribution in [-0.4, -0.2) is 44.5 Å². The number of hydrogen-bond donors (Lipinski definition) is 3. The Labute approximate surface area is 165 Å². The number of benzene rings is 2. The molecule has 1 fully saturated rings. The summed E-state index contributed by atoms with van der Waals surface area (Å²) in [6, 6.07) is 17.3. The van der Waals surface area contributed by atoms with E-state index in [1.807, 2.05) is 30.3 Å². The molecule has 6 heteroatoms. The van der Waals surface area contributed by atoms with Gasteiger partial charge in [0.25, 0.3) is 0 Å². The molecule has 0 saturated carbocycles. The molecule has 27 heavy (non-hydrogen) atoms. The lowest BCUT2D eigenvalue weighted by Crippen LogP contribution is -3.15. The zero-order valence-electron chi connectivity index (χ0n) is 15.4. The van der Waals surface area contributed by atoms with Crippen molar-refractivity contribution in [3.63, 3.8) is 0 Å². The molecule has 2 aromatic carbocycles. The van der Waals surface area contributed by atoms with E-state index in [9.17, 15) is 4.39 Å². The number of quaternary nitrogens is 1. The summed E-state index contributed by atoms with van der Waals surface area (Å²) in [7, 11) is 0. The number of thiocarbonyl (C=S) groups is 1. The Balaban J connectivity index is 1.52. The van der Waals surface area contributed by atoms with Crippen LogP contribution in [0.15, 0.2) is 54.6 Å². The first-order valence-corrected chi connectivity index (χ1v) is 9.86. The van der Waals surface area contributed by atoms with E-state index in [1.165, 1.54) is 22.6 Å². The Bertz CT molecular complexity index is 705. The summed E-state index contributed by atoms with van der Waals surface area (Å²) < 4.78 is 18.8. The maximum atomic E-state index is 13.3. The lowest BCUT2D eigenvalue weighted by atomic mass is 10.0. The molecule has 0 radical (unpaired) electrons. The molecule has 4 nitrogen and oxygen atoms in total. The van der Waals surface area contributed by atoms with Gasteiger partial charge in [-0.05, 0) is 36.3 Å². The van der Waals surface area contributed by atoms with Crippen molar-refractivity contribution >= 4 is 17.3 Å². The first-order chi connectivity index (χ1) is 13.2. The van der Waals surface area contributed by atoms with Gasteiger partial charge in [-0.2, -0.15) is 0 Å². The number of rotatable bonds is 7. The molecule has 3 N–H and O–H groups in total. The van der Waals surface area contributed by atoms with Gasteiger partial charge in [0, 0.05) is 12.1 Å². The van der Waals surface area contributed by atoms with Gasteiger partial charge in [-0.1, -0.05) is 42.5 Å². The van der Waals surface area contributed by atoms with E-state index in [1.54, 1.807) is 0 Å². The molecule has 1 aliphatic heterocycles. The summed E-state index contributed by atoms with van der Waals surface area (Å²) in [5.74, 6) is -0.208. The average Bonchev–Trinajstić information content (AvgIpc) is 2.71. The molecule has 0 amide bonds. The van der Waals surface area contributed by atoms with Gasteiger partial charge in [0.1, 0.15) is 24.9 Å². The van der Waals surface area contributed by atoms with Gasteiger partial charge in [-0.3, -0.25) is 0 Å². The third-order valence-electron chi connectivity index (χ3n) is 4.91. The quantitative estimate of drug-likeness (QED) is 0.629. The predicted molar refractivity (Wildman–Crippen MR) is 109 cm³/mol. The van der Waals surface area contributed by atoms with Gasteiger partial charge in [0.15, 0.2) is 5.11 Å². The van der Waals surface area contributed by atoms with Gasteiger partial charge in [0.05, 0.1) is 19.8 Å². The van der Waals surface area contributed by atoms with Gasteiger partial charge in [0.2, 0.25) is 0 Å². The molecule has 1 heterocycles. The minimum absolute atomic E-state index is 0.208. The van der Waals surface area contributed by atoms with Crippen molar-refractivity contribution < 1.29 is 14.0 Å². The van der Waals surface area contributed by atoms with Crippen molar-refractivity contribution in [1.29, 1.82) is 0 Å². The van der Waals surface area contributed by atoms with E-state index in [0.29, 0.717) is 11.7 Å². The predicted octanol–water partition coefficient (Wildman–Crippen LogP) is 1.49. The minimum Gasteiger partial charge on any atom is -0.370 e. The van der Waals surface area contributed by atoms with Crippen LogP contribution < -0.4 is 15.5 Å². The Morgan fingerprint density at radius 1 is 1.04 bits per heavy atom. The highest BCUT2D eigenvalue weighted by Crippen LogP contribution is 2.11. The van der Waals surface area contributed by atoms with Gasteiger partial charge < -0.3 is 20.3 Å². The second-order valence-corrected chi connectivity index (χ2v) is 7.16. The van der Waals surface area contributed by atoms with E-state index in [0.717, 1.165) is 44.8 Å². The number of halogens is 1. The van der Waals surface area contributed by atoms with Gasteiger partial charge in [-0.25, -0.2) is 4.39 Å². The highest BCUT2D eigenvalue weighted by molar-refractivity contribution is 7.80. The molecule has 144 valence electrons. The topological polar surface area (TPSA) is 37.7 Å². The summed E-state index contributed by atoms with van der Waals surface area (Å²) in [6.07, 6.45) is 0.929. The molecule has 2 aromatic rings. The SMILES string of the molecule is Fc1ccc([C@H](CNC(=S)NCCc2ccccc2)[NH+]2CCOCC2)cc1. The summed E-state index contributed by atoms with van der Waals surface area (Å²) in [5, 5.41) is 7.28. The van der Waals surface area contributed by atoms with E-state index < -0.39 is 0 Å². The highest BCUT2D eigenvalue weighted by Gasteiger charge is 2.26. The lowest BCUT2D eigenvalue weighted by Gasteiger charge is -2.32. The fourth-order valence-corrected chi connectivity index (χ4v) is 3.58. The summed E-state index contributed by atoms with van der Waals surface area (Å²) >= 11 is 5.44. The Morgan fingerprint density at radius 2 is 1.74 bits per heavy atom. The standard InChI is InChI=1S/C21H26FN3OS/c22-19-8-6-18(7-9-19)20(25-12-14-26-15-13-25)16-24-21(27)23-11-10-17-4-2-1-3-5-17/h1-9,20H,10-16H2,(H2,23,24,27)/p+1/t20-/m0/s1. The number of ether oxygens (including phenoxy) is 1. The molecule has 0 aromatic heterocycles. The van der Waals surface area contributed by atoms with E-state index in [4.69, 9.17) is 17.0 Å². The van der Waals surface area contributed by atoms with Crippen LogP contribution in [0.25, 0.3) is 0 Å². The highest BCUT2D eigenvalue weighted by atomic mass is 32.1. The lowest BCUT2D eigenvalue weighted by molar-refractivity contribution is -0.937. The van der Waals surface area contributed by atoms with Crippen LogP contribution in [0.3, 0.4) is 0 Å². The maximum Gasteiger partial charge on any atom is 0.166 e. The first-order valence-electron chi connectivity index (χ1n) is 9.46. The van der Waals surface area contributed by atoms with Crippen LogP contribution in [0.2, 0.25) is 0 Å². The zero-order valence-corrected chi connectivity index (χ0v) is 16.2. The fraction of sp³-hybridized carbons (Fsp3) is 0.381. The van der Waals surface area contributed by atoms with Crippen LogP contribution in [-0.2, 0) is 11.2 Å². The normalized spacial score (nSPS) is 15.9. The van der Waals surface area contributed by atoms with Crippen molar-refractivity contribution in [3.05, 3.63) is 71.5 Å². The zero-order chi connectivity index (χ0) is 18.9. The van der Waals surface area contributed by atoms with Crippen molar-refractivity contribution in [1.82, 2.24) is 10.6 Å². The second-order valence-electron chi connectivity index (χ2n) is 6.75. The third kappa shape index (κ3) is 6.27. The van der Waals surface area contributed by atoms with Crippen LogP contribution >= 0.6 is 12.2 Å². The smallest absolute Gasteiger partial charge is 0.166 e. The number of hydrogen-bond acceptors (Lipinski definition) is 2. The average molecular weight is 389 g/mol. The molecule has 1 saturated heterocycles. The molecule has 0 unspecified atom stereocenters. The van der Waals surface area contributed by atoms with Crippen LogP contribution in [0.5, 0.6) is 0 Å². The monoisotopic (exact) mass is 388 g/mol. The van der Waals surface area contributed by atoms with Crippen molar-refractivity contribution in [2.24, 2.45) is 0 Å². The molecule has 0 bridgehead atoms. The summed E-state index contributed by atoms with van der Waals surface area (Å²) in [4.78, 5) is 1.44. The van der Waals surface area contributed by atoms with Crippen LogP contribution in [0, 0.1) is 5.82 Å². The molecular formula is C21H27FN3OS+. The molecule has 0 aliphatic carbocycles. The second kappa shape index (κ2) is 10.3. The Kier molecular flexibility index (Phi) is 7.56. The molecular weight excluding hydrogens is 361 g/mol. The fourth-order valence-electron chi connectivity index (χ4n) is 3.40.